The Bertz CT molecular complexity index is 1190. The van der Waals surface area contributed by atoms with Gasteiger partial charge in [-0.3, -0.25) is 4.79 Å². The lowest BCUT2D eigenvalue weighted by Crippen LogP contribution is -2.56. The van der Waals surface area contributed by atoms with Gasteiger partial charge in [0.25, 0.3) is 5.91 Å². The van der Waals surface area contributed by atoms with Crippen molar-refractivity contribution in [2.75, 3.05) is 13.2 Å². The molecule has 32 heavy (non-hydrogen) atoms. The zero-order valence-corrected chi connectivity index (χ0v) is 16.9. The van der Waals surface area contributed by atoms with Crippen molar-refractivity contribution in [3.05, 3.63) is 70.8 Å². The maximum atomic E-state index is 13.4. The molecule has 1 saturated heterocycles. The van der Waals surface area contributed by atoms with Crippen molar-refractivity contribution in [3.63, 3.8) is 0 Å². The van der Waals surface area contributed by atoms with Crippen molar-refractivity contribution in [2.24, 2.45) is 0 Å². The van der Waals surface area contributed by atoms with E-state index in [4.69, 9.17) is 4.74 Å². The Hall–Kier alpha value is -3.27. The number of hydrogen-bond acceptors (Lipinski definition) is 4. The average Bonchev–Trinajstić information content (AvgIpc) is 3.16. The fourth-order valence-electron chi connectivity index (χ4n) is 4.46. The monoisotopic (exact) mass is 446 g/mol. The first-order valence-corrected chi connectivity index (χ1v) is 10.0. The summed E-state index contributed by atoms with van der Waals surface area (Å²) in [7, 11) is 0. The van der Waals surface area contributed by atoms with Crippen LogP contribution in [0.25, 0.3) is 11.4 Å². The van der Waals surface area contributed by atoms with Gasteiger partial charge < -0.3 is 14.2 Å². The van der Waals surface area contributed by atoms with Crippen LogP contribution in [-0.4, -0.2) is 44.8 Å². The molecule has 2 atom stereocenters. The van der Waals surface area contributed by atoms with E-state index in [-0.39, 0.29) is 30.2 Å². The highest BCUT2D eigenvalue weighted by Crippen LogP contribution is 2.38. The summed E-state index contributed by atoms with van der Waals surface area (Å²) < 4.78 is 60.9. The quantitative estimate of drug-likeness (QED) is 0.559. The predicted molar refractivity (Wildman–Crippen MR) is 105 cm³/mol. The summed E-state index contributed by atoms with van der Waals surface area (Å²) in [6, 6.07) is 8.49. The number of benzene rings is 2. The summed E-state index contributed by atoms with van der Waals surface area (Å²) in [5, 5.41) is 8.48. The third-order valence-electron chi connectivity index (χ3n) is 5.99. The molecule has 0 radical (unpaired) electrons. The number of rotatable bonds is 2. The molecular weight excluding hydrogens is 428 g/mol. The van der Waals surface area contributed by atoms with Crippen LogP contribution in [0.1, 0.15) is 33.4 Å². The standard InChI is InChI=1S/C22H18F4N4O2/c1-12-16(3-2-4-17(12)22(24,25)26)21(31)30-15-9-29-19(13-5-7-14(23)8-6-13)27-28-20(29)18(30)11-32-10-15/h2-8,15,18H,9-11H2,1H3/t15-,18-/m1/s1. The van der Waals surface area contributed by atoms with Gasteiger partial charge in [0, 0.05) is 17.7 Å². The molecule has 0 N–H and O–H groups in total. The zero-order chi connectivity index (χ0) is 22.6. The van der Waals surface area contributed by atoms with Gasteiger partial charge in [-0.05, 0) is 48.9 Å². The van der Waals surface area contributed by atoms with Gasteiger partial charge in [-0.2, -0.15) is 13.2 Å². The maximum absolute atomic E-state index is 13.4. The van der Waals surface area contributed by atoms with Crippen molar-refractivity contribution in [3.8, 4) is 11.4 Å². The van der Waals surface area contributed by atoms with Gasteiger partial charge in [0.15, 0.2) is 11.6 Å². The number of carbonyl (C=O) groups excluding carboxylic acids is 1. The Morgan fingerprint density at radius 3 is 2.56 bits per heavy atom. The second-order valence-corrected chi connectivity index (χ2v) is 7.89. The minimum atomic E-state index is -4.55. The van der Waals surface area contributed by atoms with E-state index in [1.165, 1.54) is 31.2 Å². The second kappa shape index (κ2) is 7.40. The van der Waals surface area contributed by atoms with E-state index >= 15 is 0 Å². The molecule has 0 saturated carbocycles. The third kappa shape index (κ3) is 3.26. The zero-order valence-electron chi connectivity index (χ0n) is 16.9. The number of ether oxygens (including phenoxy) is 1. The fourth-order valence-corrected chi connectivity index (χ4v) is 4.46. The number of hydrogen-bond donors (Lipinski definition) is 0. The van der Waals surface area contributed by atoms with Gasteiger partial charge in [0.2, 0.25) is 0 Å². The van der Waals surface area contributed by atoms with Gasteiger partial charge >= 0.3 is 6.18 Å². The van der Waals surface area contributed by atoms with Crippen LogP contribution in [0, 0.1) is 12.7 Å². The van der Waals surface area contributed by atoms with Crippen molar-refractivity contribution >= 4 is 5.91 Å². The van der Waals surface area contributed by atoms with Crippen LogP contribution in [0.15, 0.2) is 42.5 Å². The number of morpholine rings is 1. The summed E-state index contributed by atoms with van der Waals surface area (Å²) in [6.45, 7) is 2.01. The summed E-state index contributed by atoms with van der Waals surface area (Å²) in [5.41, 5.74) is -0.257. The molecule has 0 aliphatic carbocycles. The molecular formula is C22H18F4N4O2. The van der Waals surface area contributed by atoms with E-state index in [0.29, 0.717) is 23.8 Å². The van der Waals surface area contributed by atoms with Crippen molar-refractivity contribution in [2.45, 2.75) is 31.7 Å². The molecule has 10 heteroatoms. The van der Waals surface area contributed by atoms with E-state index in [2.05, 4.69) is 10.2 Å². The molecule has 2 aliphatic rings. The van der Waals surface area contributed by atoms with Crippen LogP contribution in [0.3, 0.4) is 0 Å². The fraction of sp³-hybridized carbons (Fsp3) is 0.318. The first-order chi connectivity index (χ1) is 15.3. The minimum absolute atomic E-state index is 0.00319. The first-order valence-electron chi connectivity index (χ1n) is 10.0. The van der Waals surface area contributed by atoms with Crippen molar-refractivity contribution in [1.29, 1.82) is 0 Å². The molecule has 2 aromatic carbocycles. The lowest BCUT2D eigenvalue weighted by atomic mass is 9.97. The Kier molecular flexibility index (Phi) is 4.77. The van der Waals surface area contributed by atoms with E-state index in [1.54, 1.807) is 17.0 Å². The molecule has 3 heterocycles. The normalized spacial score (nSPS) is 20.2. The van der Waals surface area contributed by atoms with Crippen molar-refractivity contribution < 1.29 is 27.1 Å². The van der Waals surface area contributed by atoms with Gasteiger partial charge in [-0.1, -0.05) is 6.07 Å². The molecule has 166 valence electrons. The molecule has 2 bridgehead atoms. The Labute approximate surface area is 180 Å². The largest absolute Gasteiger partial charge is 0.416 e. The Morgan fingerprint density at radius 1 is 1.09 bits per heavy atom. The lowest BCUT2D eigenvalue weighted by molar-refractivity contribution is -0.138. The molecule has 0 spiro atoms. The molecule has 0 unspecified atom stereocenters. The predicted octanol–water partition coefficient (Wildman–Crippen LogP) is 4.01. The summed E-state index contributed by atoms with van der Waals surface area (Å²) in [5.74, 6) is 0.160. The number of nitrogens with zero attached hydrogens (tertiary/aromatic N) is 4. The number of alkyl halides is 3. The molecule has 1 amide bonds. The lowest BCUT2D eigenvalue weighted by Gasteiger charge is -2.45. The molecule has 6 nitrogen and oxygen atoms in total. The van der Waals surface area contributed by atoms with Crippen molar-refractivity contribution in [1.82, 2.24) is 19.7 Å². The van der Waals surface area contributed by atoms with Crippen LogP contribution in [0.5, 0.6) is 0 Å². The number of carbonyl (C=O) groups is 1. The van der Waals surface area contributed by atoms with Gasteiger partial charge in [-0.25, -0.2) is 4.39 Å². The second-order valence-electron chi connectivity index (χ2n) is 7.89. The number of fused-ring (bicyclic) bond motifs is 4. The van der Waals surface area contributed by atoms with Gasteiger partial charge in [-0.15, -0.1) is 10.2 Å². The van der Waals surface area contributed by atoms with E-state index in [0.717, 1.165) is 6.07 Å². The van der Waals surface area contributed by atoms with Crippen LogP contribution >= 0.6 is 0 Å². The summed E-state index contributed by atoms with van der Waals surface area (Å²) in [4.78, 5) is 15.0. The first kappa shape index (κ1) is 20.6. The van der Waals surface area contributed by atoms with E-state index < -0.39 is 29.7 Å². The van der Waals surface area contributed by atoms with E-state index in [1.807, 2.05) is 4.57 Å². The van der Waals surface area contributed by atoms with Crippen LogP contribution in [-0.2, 0) is 17.5 Å². The highest BCUT2D eigenvalue weighted by molar-refractivity contribution is 5.96. The molecule has 3 aromatic rings. The van der Waals surface area contributed by atoms with E-state index in [9.17, 15) is 22.4 Å². The SMILES string of the molecule is Cc1c(C(=O)N2[C@H]3COC[C@@H]2c2nnc(-c4ccc(F)cc4)n2C3)cccc1C(F)(F)F. The average molecular weight is 446 g/mol. The molecule has 1 fully saturated rings. The maximum Gasteiger partial charge on any atom is 0.416 e. The Balaban J connectivity index is 1.54. The van der Waals surface area contributed by atoms with Gasteiger partial charge in [0.05, 0.1) is 24.8 Å². The van der Waals surface area contributed by atoms with Crippen LogP contribution in [0.4, 0.5) is 17.6 Å². The molecule has 5 rings (SSSR count). The summed E-state index contributed by atoms with van der Waals surface area (Å²) in [6.07, 6.45) is -4.55. The number of amides is 1. The molecule has 2 aliphatic heterocycles. The number of aromatic nitrogens is 3. The Morgan fingerprint density at radius 2 is 1.84 bits per heavy atom. The highest BCUT2D eigenvalue weighted by Gasteiger charge is 2.44. The minimum Gasteiger partial charge on any atom is -0.377 e. The van der Waals surface area contributed by atoms with Crippen LogP contribution in [0.2, 0.25) is 0 Å². The topological polar surface area (TPSA) is 60.3 Å². The number of halogens is 4. The highest BCUT2D eigenvalue weighted by atomic mass is 19.4. The third-order valence-corrected chi connectivity index (χ3v) is 5.99. The van der Waals surface area contributed by atoms with Gasteiger partial charge in [0.1, 0.15) is 11.9 Å². The smallest absolute Gasteiger partial charge is 0.377 e. The van der Waals surface area contributed by atoms with Crippen LogP contribution < -0.4 is 0 Å². The summed E-state index contributed by atoms with van der Waals surface area (Å²) >= 11 is 0. The molecule has 1 aromatic heterocycles.